The van der Waals surface area contributed by atoms with E-state index in [0.29, 0.717) is 31.7 Å². The van der Waals surface area contributed by atoms with E-state index in [0.717, 1.165) is 0 Å². The van der Waals surface area contributed by atoms with Gasteiger partial charge >= 0.3 is 0 Å². The topological polar surface area (TPSA) is 66.5 Å². The molecule has 0 saturated carbocycles. The molecule has 17 heavy (non-hydrogen) atoms. The number of amides is 2. The molecule has 5 nitrogen and oxygen atoms in total. The highest BCUT2D eigenvalue weighted by Gasteiger charge is 2.35. The minimum atomic E-state index is -0.834. The van der Waals surface area contributed by atoms with Crippen LogP contribution in [0.15, 0.2) is 0 Å². The number of nitrogens with zero attached hydrogens (tertiary/aromatic N) is 1. The third kappa shape index (κ3) is 4.11. The summed E-state index contributed by atoms with van der Waals surface area (Å²) >= 11 is 0. The van der Waals surface area contributed by atoms with Crippen molar-refractivity contribution in [3.8, 4) is 0 Å². The van der Waals surface area contributed by atoms with Gasteiger partial charge in [0, 0.05) is 42.3 Å². The highest BCUT2D eigenvalue weighted by atomic mass is 32.2. The number of rotatable bonds is 4. The fraction of sp³-hybridized carbons (Fsp3) is 0.818. The van der Waals surface area contributed by atoms with Crippen LogP contribution < -0.4 is 5.32 Å². The molecule has 98 valence electrons. The van der Waals surface area contributed by atoms with E-state index in [-0.39, 0.29) is 11.8 Å². The maximum atomic E-state index is 12.1. The molecule has 0 radical (unpaired) electrons. The Balaban J connectivity index is 2.61. The van der Waals surface area contributed by atoms with Gasteiger partial charge in [-0.3, -0.25) is 13.8 Å². The lowest BCUT2D eigenvalue weighted by atomic mass is 10.0. The molecule has 1 atom stereocenters. The Bertz CT molecular complexity index is 342. The van der Waals surface area contributed by atoms with Gasteiger partial charge in [0.2, 0.25) is 11.8 Å². The van der Waals surface area contributed by atoms with Crippen LogP contribution in [0.4, 0.5) is 0 Å². The van der Waals surface area contributed by atoms with Gasteiger partial charge in [0.25, 0.3) is 0 Å². The summed E-state index contributed by atoms with van der Waals surface area (Å²) in [6, 6.07) is 0. The highest BCUT2D eigenvalue weighted by molar-refractivity contribution is 7.84. The summed E-state index contributed by atoms with van der Waals surface area (Å²) in [5.74, 6) is 0.432. The van der Waals surface area contributed by atoms with Crippen molar-refractivity contribution in [1.29, 1.82) is 0 Å². The molecule has 0 aliphatic carbocycles. The van der Waals surface area contributed by atoms with Crippen molar-refractivity contribution in [2.75, 3.05) is 25.1 Å². The summed E-state index contributed by atoms with van der Waals surface area (Å²) in [5.41, 5.74) is -0.834. The lowest BCUT2D eigenvalue weighted by Crippen LogP contribution is -2.53. The van der Waals surface area contributed by atoms with Gasteiger partial charge in [-0.1, -0.05) is 0 Å². The van der Waals surface area contributed by atoms with E-state index in [1.165, 1.54) is 0 Å². The Kier molecular flexibility index (Phi) is 4.68. The van der Waals surface area contributed by atoms with Crippen LogP contribution in [0.1, 0.15) is 26.7 Å². The molecule has 2 amide bonds. The maximum absolute atomic E-state index is 12.1. The molecule has 0 aromatic carbocycles. The van der Waals surface area contributed by atoms with E-state index in [4.69, 9.17) is 0 Å². The van der Waals surface area contributed by atoms with Gasteiger partial charge in [-0.25, -0.2) is 0 Å². The standard InChI is InChI=1S/C11H20N2O3S/c1-11(2)10(15)13(6-4-8-17(3)16)7-5-9(14)12-11/h4-8H2,1-3H3,(H,12,14). The zero-order chi connectivity index (χ0) is 13.1. The van der Waals surface area contributed by atoms with E-state index in [1.807, 2.05) is 0 Å². The lowest BCUT2D eigenvalue weighted by molar-refractivity contribution is -0.137. The van der Waals surface area contributed by atoms with Crippen molar-refractivity contribution in [2.24, 2.45) is 0 Å². The first-order valence-corrected chi connectivity index (χ1v) is 7.46. The minimum absolute atomic E-state index is 0.0646. The zero-order valence-corrected chi connectivity index (χ0v) is 11.4. The third-order valence-electron chi connectivity index (χ3n) is 2.74. The average Bonchev–Trinajstić information content (AvgIpc) is 2.28. The molecule has 1 aliphatic rings. The molecule has 0 spiro atoms. The van der Waals surface area contributed by atoms with E-state index >= 15 is 0 Å². The van der Waals surface area contributed by atoms with Crippen molar-refractivity contribution in [1.82, 2.24) is 10.2 Å². The smallest absolute Gasteiger partial charge is 0.247 e. The zero-order valence-electron chi connectivity index (χ0n) is 10.6. The van der Waals surface area contributed by atoms with Gasteiger partial charge in [0.05, 0.1) is 0 Å². The minimum Gasteiger partial charge on any atom is -0.342 e. The summed E-state index contributed by atoms with van der Waals surface area (Å²) in [4.78, 5) is 25.2. The number of hydrogen-bond acceptors (Lipinski definition) is 3. The Morgan fingerprint density at radius 3 is 2.65 bits per heavy atom. The molecule has 0 aromatic rings. The van der Waals surface area contributed by atoms with Crippen molar-refractivity contribution < 1.29 is 13.8 Å². The number of hydrogen-bond donors (Lipinski definition) is 1. The van der Waals surface area contributed by atoms with Crippen LogP contribution in [0.5, 0.6) is 0 Å². The normalized spacial score (nSPS) is 21.9. The van der Waals surface area contributed by atoms with Crippen molar-refractivity contribution in [3.05, 3.63) is 0 Å². The lowest BCUT2D eigenvalue weighted by Gasteiger charge is -2.28. The Hall–Kier alpha value is -0.910. The van der Waals surface area contributed by atoms with Gasteiger partial charge in [-0.15, -0.1) is 0 Å². The van der Waals surface area contributed by atoms with Gasteiger partial charge in [-0.05, 0) is 20.3 Å². The predicted octanol–water partition coefficient (Wildman–Crippen LogP) is -0.118. The quantitative estimate of drug-likeness (QED) is 0.766. The summed E-state index contributed by atoms with van der Waals surface area (Å²) in [6.07, 6.45) is 2.70. The van der Waals surface area contributed by atoms with Crippen LogP contribution in [0.25, 0.3) is 0 Å². The number of carbonyl (C=O) groups excluding carboxylic acids is 2. The summed E-state index contributed by atoms with van der Waals surface area (Å²) in [6.45, 7) is 4.44. The second kappa shape index (κ2) is 5.62. The summed E-state index contributed by atoms with van der Waals surface area (Å²) < 4.78 is 11.0. The third-order valence-corrected chi connectivity index (χ3v) is 3.61. The molecule has 1 unspecified atom stereocenters. The first-order chi connectivity index (χ1) is 7.83. The van der Waals surface area contributed by atoms with Crippen LogP contribution in [-0.2, 0) is 20.4 Å². The monoisotopic (exact) mass is 260 g/mol. The molecule has 1 aliphatic heterocycles. The van der Waals surface area contributed by atoms with Crippen molar-refractivity contribution >= 4 is 22.6 Å². The Labute approximate surface area is 104 Å². The molecule has 1 N–H and O–H groups in total. The van der Waals surface area contributed by atoms with Crippen LogP contribution in [0.3, 0.4) is 0 Å². The van der Waals surface area contributed by atoms with Crippen LogP contribution in [0.2, 0.25) is 0 Å². The summed E-state index contributed by atoms with van der Waals surface area (Å²) in [7, 11) is -0.832. The fourth-order valence-electron chi connectivity index (χ4n) is 1.87. The predicted molar refractivity (Wildman–Crippen MR) is 67.0 cm³/mol. The van der Waals surface area contributed by atoms with E-state index in [1.54, 1.807) is 25.0 Å². The SMILES string of the molecule is CS(=O)CCCN1CCC(=O)NC(C)(C)C1=O. The van der Waals surface area contributed by atoms with Gasteiger partial charge in [0.15, 0.2) is 0 Å². The molecular formula is C11H20N2O3S. The second-order valence-corrected chi connectivity index (χ2v) is 6.40. The first-order valence-electron chi connectivity index (χ1n) is 5.73. The highest BCUT2D eigenvalue weighted by Crippen LogP contribution is 2.13. The van der Waals surface area contributed by atoms with E-state index in [2.05, 4.69) is 5.32 Å². The largest absolute Gasteiger partial charge is 0.342 e. The van der Waals surface area contributed by atoms with Crippen LogP contribution in [0, 0.1) is 0 Å². The molecular weight excluding hydrogens is 240 g/mol. The molecule has 1 rings (SSSR count). The Morgan fingerprint density at radius 1 is 1.41 bits per heavy atom. The van der Waals surface area contributed by atoms with Crippen molar-refractivity contribution in [3.63, 3.8) is 0 Å². The van der Waals surface area contributed by atoms with Crippen LogP contribution in [-0.4, -0.2) is 51.6 Å². The molecule has 1 fully saturated rings. The van der Waals surface area contributed by atoms with E-state index in [9.17, 15) is 13.8 Å². The average molecular weight is 260 g/mol. The molecule has 1 heterocycles. The molecule has 1 saturated heterocycles. The van der Waals surface area contributed by atoms with Gasteiger partial charge in [-0.2, -0.15) is 0 Å². The fourth-order valence-corrected chi connectivity index (χ4v) is 2.41. The Morgan fingerprint density at radius 2 is 2.06 bits per heavy atom. The maximum Gasteiger partial charge on any atom is 0.247 e. The first kappa shape index (κ1) is 14.2. The van der Waals surface area contributed by atoms with Crippen molar-refractivity contribution in [2.45, 2.75) is 32.2 Å². The van der Waals surface area contributed by atoms with E-state index < -0.39 is 16.3 Å². The number of carbonyl (C=O) groups is 2. The van der Waals surface area contributed by atoms with Crippen LogP contribution >= 0.6 is 0 Å². The summed E-state index contributed by atoms with van der Waals surface area (Å²) in [5, 5.41) is 2.71. The van der Waals surface area contributed by atoms with Gasteiger partial charge in [0.1, 0.15) is 5.54 Å². The van der Waals surface area contributed by atoms with Gasteiger partial charge < -0.3 is 10.2 Å². The second-order valence-electron chi connectivity index (χ2n) is 4.85. The molecule has 6 heteroatoms. The molecule has 0 bridgehead atoms. The number of nitrogens with one attached hydrogen (secondary N) is 1. The molecule has 0 aromatic heterocycles.